The third kappa shape index (κ3) is 6.18. The predicted octanol–water partition coefficient (Wildman–Crippen LogP) is 3.36. The molecule has 0 aromatic heterocycles. The van der Waals surface area contributed by atoms with Crippen LogP contribution < -0.4 is 4.90 Å². The molecule has 0 bridgehead atoms. The molecule has 0 spiro atoms. The van der Waals surface area contributed by atoms with Crippen molar-refractivity contribution >= 4 is 17.4 Å². The Balaban J connectivity index is 1.34. The maximum atomic E-state index is 14.5. The van der Waals surface area contributed by atoms with Gasteiger partial charge in [0.2, 0.25) is 5.91 Å². The Morgan fingerprint density at radius 2 is 1.85 bits per heavy atom. The van der Waals surface area contributed by atoms with Gasteiger partial charge in [-0.3, -0.25) is 14.5 Å². The fourth-order valence-electron chi connectivity index (χ4n) is 4.57. The highest BCUT2D eigenvalue weighted by Gasteiger charge is 2.26. The molecule has 2 aliphatic rings. The summed E-state index contributed by atoms with van der Waals surface area (Å²) in [6.45, 7) is 6.24. The van der Waals surface area contributed by atoms with Gasteiger partial charge in [-0.15, -0.1) is 0 Å². The monoisotopic (exact) mass is 453 g/mol. The molecule has 2 aromatic rings. The lowest BCUT2D eigenvalue weighted by atomic mass is 10.1. The minimum absolute atomic E-state index is 0.0935. The molecule has 1 unspecified atom stereocenters. The Kier molecular flexibility index (Phi) is 7.73. The lowest BCUT2D eigenvalue weighted by Crippen LogP contribution is -2.51. The average Bonchev–Trinajstić information content (AvgIpc) is 3.33. The van der Waals surface area contributed by atoms with Gasteiger partial charge in [-0.2, -0.15) is 0 Å². The molecular weight excluding hydrogens is 421 g/mol. The summed E-state index contributed by atoms with van der Waals surface area (Å²) in [4.78, 5) is 30.6. The third-order valence-corrected chi connectivity index (χ3v) is 6.42. The highest BCUT2D eigenvalue weighted by Crippen LogP contribution is 2.23. The molecule has 0 aliphatic carbocycles. The summed E-state index contributed by atoms with van der Waals surface area (Å²) in [5.41, 5.74) is 2.03. The maximum absolute atomic E-state index is 14.5. The number of rotatable bonds is 8. The Morgan fingerprint density at radius 1 is 1.09 bits per heavy atom. The Bertz CT molecular complexity index is 955. The van der Waals surface area contributed by atoms with E-state index in [1.807, 2.05) is 28.0 Å². The van der Waals surface area contributed by atoms with E-state index in [2.05, 4.69) is 17.0 Å². The van der Waals surface area contributed by atoms with Gasteiger partial charge in [0.05, 0.1) is 18.3 Å². The summed E-state index contributed by atoms with van der Waals surface area (Å²) in [6, 6.07) is 14.8. The van der Waals surface area contributed by atoms with Crippen LogP contribution in [0.2, 0.25) is 0 Å². The van der Waals surface area contributed by atoms with Crippen LogP contribution in [0, 0.1) is 5.82 Å². The SMILES string of the molecule is CC(=O)c1ccc(N2CCN(C(=O)CN(Cc3ccccc3)CC3CCCO3)CC2)c(F)c1. The van der Waals surface area contributed by atoms with Crippen molar-refractivity contribution in [3.05, 3.63) is 65.5 Å². The predicted molar refractivity (Wildman–Crippen MR) is 126 cm³/mol. The minimum Gasteiger partial charge on any atom is -0.377 e. The lowest BCUT2D eigenvalue weighted by molar-refractivity contribution is -0.133. The summed E-state index contributed by atoms with van der Waals surface area (Å²) >= 11 is 0. The van der Waals surface area contributed by atoms with Crippen molar-refractivity contribution in [1.29, 1.82) is 0 Å². The summed E-state index contributed by atoms with van der Waals surface area (Å²) < 4.78 is 20.3. The quantitative estimate of drug-likeness (QED) is 0.574. The van der Waals surface area contributed by atoms with Gasteiger partial charge < -0.3 is 14.5 Å². The fourth-order valence-corrected chi connectivity index (χ4v) is 4.57. The molecule has 0 N–H and O–H groups in total. The van der Waals surface area contributed by atoms with E-state index < -0.39 is 5.82 Å². The first-order chi connectivity index (χ1) is 16.0. The third-order valence-electron chi connectivity index (χ3n) is 6.42. The van der Waals surface area contributed by atoms with Gasteiger partial charge in [0.1, 0.15) is 5.82 Å². The molecule has 1 atom stereocenters. The molecule has 0 saturated carbocycles. The van der Waals surface area contributed by atoms with Gasteiger partial charge in [0.15, 0.2) is 5.78 Å². The van der Waals surface area contributed by atoms with Gasteiger partial charge in [0, 0.05) is 51.4 Å². The number of carbonyl (C=O) groups is 2. The molecule has 33 heavy (non-hydrogen) atoms. The number of amides is 1. The molecular formula is C26H32FN3O3. The zero-order valence-electron chi connectivity index (χ0n) is 19.2. The van der Waals surface area contributed by atoms with Crippen LogP contribution in [0.25, 0.3) is 0 Å². The van der Waals surface area contributed by atoms with Crippen molar-refractivity contribution in [2.45, 2.75) is 32.4 Å². The molecule has 2 fully saturated rings. The van der Waals surface area contributed by atoms with Gasteiger partial charge in [0.25, 0.3) is 0 Å². The number of benzene rings is 2. The van der Waals surface area contributed by atoms with E-state index in [1.54, 1.807) is 12.1 Å². The summed E-state index contributed by atoms with van der Waals surface area (Å²) in [6.07, 6.45) is 2.29. The molecule has 4 rings (SSSR count). The van der Waals surface area contributed by atoms with E-state index in [-0.39, 0.29) is 17.8 Å². The van der Waals surface area contributed by atoms with E-state index in [9.17, 15) is 14.0 Å². The first-order valence-corrected chi connectivity index (χ1v) is 11.7. The molecule has 2 saturated heterocycles. The number of Topliss-reactive ketones (excluding diaryl/α,β-unsaturated/α-hetero) is 1. The van der Waals surface area contributed by atoms with E-state index in [0.717, 1.165) is 26.0 Å². The zero-order valence-corrected chi connectivity index (χ0v) is 19.2. The minimum atomic E-state index is -0.395. The van der Waals surface area contributed by atoms with Gasteiger partial charge >= 0.3 is 0 Å². The van der Waals surface area contributed by atoms with Gasteiger partial charge in [-0.25, -0.2) is 4.39 Å². The number of piperazine rings is 1. The second kappa shape index (κ2) is 10.9. The number of halogens is 1. The summed E-state index contributed by atoms with van der Waals surface area (Å²) in [7, 11) is 0. The van der Waals surface area contributed by atoms with E-state index in [4.69, 9.17) is 4.74 Å². The zero-order chi connectivity index (χ0) is 23.2. The maximum Gasteiger partial charge on any atom is 0.236 e. The second-order valence-corrected chi connectivity index (χ2v) is 8.88. The topological polar surface area (TPSA) is 53.1 Å². The summed E-state index contributed by atoms with van der Waals surface area (Å²) in [5, 5.41) is 0. The van der Waals surface area contributed by atoms with Crippen molar-refractivity contribution in [2.24, 2.45) is 0 Å². The Labute approximate surface area is 194 Å². The smallest absolute Gasteiger partial charge is 0.236 e. The molecule has 6 nitrogen and oxygen atoms in total. The highest BCUT2D eigenvalue weighted by molar-refractivity contribution is 5.94. The number of ketones is 1. The molecule has 7 heteroatoms. The normalized spacial score (nSPS) is 18.7. The van der Waals surface area contributed by atoms with Crippen molar-refractivity contribution in [1.82, 2.24) is 9.80 Å². The molecule has 2 aliphatic heterocycles. The van der Waals surface area contributed by atoms with Gasteiger partial charge in [-0.05, 0) is 43.5 Å². The number of anilines is 1. The second-order valence-electron chi connectivity index (χ2n) is 8.88. The molecule has 2 heterocycles. The molecule has 2 aromatic carbocycles. The fraction of sp³-hybridized carbons (Fsp3) is 0.462. The van der Waals surface area contributed by atoms with Crippen LogP contribution in [0.15, 0.2) is 48.5 Å². The Morgan fingerprint density at radius 3 is 2.48 bits per heavy atom. The number of carbonyl (C=O) groups excluding carboxylic acids is 2. The number of hydrogen-bond acceptors (Lipinski definition) is 5. The van der Waals surface area contributed by atoms with Crippen molar-refractivity contribution in [2.75, 3.05) is 50.8 Å². The van der Waals surface area contributed by atoms with Gasteiger partial charge in [-0.1, -0.05) is 30.3 Å². The molecule has 1 amide bonds. The van der Waals surface area contributed by atoms with Crippen molar-refractivity contribution in [3.63, 3.8) is 0 Å². The number of nitrogens with zero attached hydrogens (tertiary/aromatic N) is 3. The lowest BCUT2D eigenvalue weighted by Gasteiger charge is -2.37. The number of hydrogen-bond donors (Lipinski definition) is 0. The van der Waals surface area contributed by atoms with Crippen molar-refractivity contribution in [3.8, 4) is 0 Å². The van der Waals surface area contributed by atoms with Crippen LogP contribution in [0.1, 0.15) is 35.7 Å². The van der Waals surface area contributed by atoms with Crippen molar-refractivity contribution < 1.29 is 18.7 Å². The molecule has 176 valence electrons. The standard InChI is InChI=1S/C26H32FN3O3/c1-20(31)22-9-10-25(24(27)16-22)29-11-13-30(14-12-29)26(32)19-28(18-23-8-5-15-33-23)17-21-6-3-2-4-7-21/h2-4,6-7,9-10,16,23H,5,8,11-15,17-19H2,1H3. The summed E-state index contributed by atoms with van der Waals surface area (Å²) in [5.74, 6) is -0.456. The largest absolute Gasteiger partial charge is 0.377 e. The van der Waals surface area contributed by atoms with Crippen LogP contribution in [0.5, 0.6) is 0 Å². The van der Waals surface area contributed by atoms with Crippen LogP contribution in [0.3, 0.4) is 0 Å². The van der Waals surface area contributed by atoms with E-state index >= 15 is 0 Å². The van der Waals surface area contributed by atoms with Crippen LogP contribution in [-0.2, 0) is 16.1 Å². The number of ether oxygens (including phenoxy) is 1. The molecule has 0 radical (unpaired) electrons. The van der Waals surface area contributed by atoms with Crippen LogP contribution in [-0.4, -0.2) is 73.5 Å². The first kappa shape index (κ1) is 23.4. The highest BCUT2D eigenvalue weighted by atomic mass is 19.1. The Hall–Kier alpha value is -2.77. The van der Waals surface area contributed by atoms with E-state index in [1.165, 1.54) is 18.6 Å². The van der Waals surface area contributed by atoms with E-state index in [0.29, 0.717) is 50.5 Å². The first-order valence-electron chi connectivity index (χ1n) is 11.7. The van der Waals surface area contributed by atoms with Crippen LogP contribution >= 0.6 is 0 Å². The van der Waals surface area contributed by atoms with Crippen LogP contribution in [0.4, 0.5) is 10.1 Å². The average molecular weight is 454 g/mol.